The van der Waals surface area contributed by atoms with E-state index in [0.717, 1.165) is 0 Å². The number of Topliss-reactive ketones (excluding diaryl/α,β-unsaturated/α-hetero) is 1. The molecule has 0 fully saturated rings. The first-order valence-electron chi connectivity index (χ1n) is 7.90. The van der Waals surface area contributed by atoms with E-state index in [9.17, 15) is 14.7 Å². The van der Waals surface area contributed by atoms with Crippen LogP contribution in [0.1, 0.15) is 22.3 Å². The number of rotatable bonds is 6. The molecule has 0 aromatic heterocycles. The third kappa shape index (κ3) is 2.86. The molecule has 1 aliphatic rings. The Morgan fingerprint density at radius 2 is 1.77 bits per heavy atom. The van der Waals surface area contributed by atoms with Crippen molar-refractivity contribution < 1.29 is 28.9 Å². The molecule has 0 unspecified atom stereocenters. The molecule has 2 aromatic carbocycles. The van der Waals surface area contributed by atoms with Crippen LogP contribution in [0, 0.1) is 0 Å². The van der Waals surface area contributed by atoms with E-state index in [0.29, 0.717) is 34.1 Å². The summed E-state index contributed by atoms with van der Waals surface area (Å²) in [5.41, 5.74) is -0.886. The SMILES string of the molecule is COc1ccc2c(c1)[C@](O)(CC(=O)c1ccc(OC)c(OC)c1)C(=O)N2. The summed E-state index contributed by atoms with van der Waals surface area (Å²) in [6, 6.07) is 9.53. The topological polar surface area (TPSA) is 94.1 Å². The largest absolute Gasteiger partial charge is 0.497 e. The van der Waals surface area contributed by atoms with Crippen LogP contribution in [-0.4, -0.2) is 38.1 Å². The number of ketones is 1. The van der Waals surface area contributed by atoms with Crippen LogP contribution in [0.25, 0.3) is 0 Å². The number of ether oxygens (including phenoxy) is 3. The number of hydrogen-bond donors (Lipinski definition) is 2. The summed E-state index contributed by atoms with van der Waals surface area (Å²) in [5.74, 6) is 0.311. The Kier molecular flexibility index (Phi) is 4.56. The fraction of sp³-hybridized carbons (Fsp3) is 0.263. The second-order valence-electron chi connectivity index (χ2n) is 5.90. The average Bonchev–Trinajstić information content (AvgIpc) is 2.90. The number of methoxy groups -OCH3 is 3. The van der Waals surface area contributed by atoms with Crippen molar-refractivity contribution in [3.05, 3.63) is 47.5 Å². The lowest BCUT2D eigenvalue weighted by atomic mass is 9.88. The van der Waals surface area contributed by atoms with Gasteiger partial charge < -0.3 is 24.6 Å². The first-order chi connectivity index (χ1) is 12.4. The highest BCUT2D eigenvalue weighted by atomic mass is 16.5. The van der Waals surface area contributed by atoms with Crippen molar-refractivity contribution in [3.63, 3.8) is 0 Å². The van der Waals surface area contributed by atoms with Gasteiger partial charge in [0, 0.05) is 16.8 Å². The minimum absolute atomic E-state index is 0.306. The summed E-state index contributed by atoms with van der Waals surface area (Å²) in [7, 11) is 4.45. The Balaban J connectivity index is 1.93. The summed E-state index contributed by atoms with van der Waals surface area (Å²) in [6.07, 6.45) is -0.408. The number of amides is 1. The molecular weight excluding hydrogens is 338 g/mol. The molecule has 7 nitrogen and oxygen atoms in total. The summed E-state index contributed by atoms with van der Waals surface area (Å²) in [4.78, 5) is 25.1. The van der Waals surface area contributed by atoms with Gasteiger partial charge in [-0.05, 0) is 36.4 Å². The molecule has 0 radical (unpaired) electrons. The maximum atomic E-state index is 12.7. The first kappa shape index (κ1) is 17.8. The zero-order valence-corrected chi connectivity index (χ0v) is 14.7. The summed E-state index contributed by atoms with van der Waals surface area (Å²) >= 11 is 0. The number of nitrogens with one attached hydrogen (secondary N) is 1. The van der Waals surface area contributed by atoms with E-state index in [4.69, 9.17) is 14.2 Å². The predicted octanol–water partition coefficient (Wildman–Crippen LogP) is 2.13. The number of carbonyl (C=O) groups excluding carboxylic acids is 2. The molecule has 1 atom stereocenters. The van der Waals surface area contributed by atoms with Crippen LogP contribution in [0.2, 0.25) is 0 Å². The highest BCUT2D eigenvalue weighted by Gasteiger charge is 2.47. The molecule has 0 saturated carbocycles. The molecule has 0 bridgehead atoms. The molecule has 7 heteroatoms. The lowest BCUT2D eigenvalue weighted by Crippen LogP contribution is -2.36. The lowest BCUT2D eigenvalue weighted by Gasteiger charge is -2.20. The Morgan fingerprint density at radius 3 is 2.42 bits per heavy atom. The molecule has 136 valence electrons. The van der Waals surface area contributed by atoms with E-state index in [1.54, 1.807) is 30.3 Å². The summed E-state index contributed by atoms with van der Waals surface area (Å²) in [5, 5.41) is 13.5. The predicted molar refractivity (Wildman–Crippen MR) is 94.0 cm³/mol. The molecule has 3 rings (SSSR count). The zero-order chi connectivity index (χ0) is 18.9. The number of fused-ring (bicyclic) bond motifs is 1. The van der Waals surface area contributed by atoms with Crippen molar-refractivity contribution >= 4 is 17.4 Å². The van der Waals surface area contributed by atoms with Crippen molar-refractivity contribution in [2.45, 2.75) is 12.0 Å². The minimum atomic E-state index is -1.96. The first-order valence-corrected chi connectivity index (χ1v) is 7.90. The quantitative estimate of drug-likeness (QED) is 0.769. The second-order valence-corrected chi connectivity index (χ2v) is 5.90. The number of benzene rings is 2. The van der Waals surface area contributed by atoms with Gasteiger partial charge in [0.15, 0.2) is 22.9 Å². The smallest absolute Gasteiger partial charge is 0.261 e. The summed E-state index contributed by atoms with van der Waals surface area (Å²) < 4.78 is 15.5. The van der Waals surface area contributed by atoms with E-state index in [1.807, 2.05) is 0 Å². The Labute approximate surface area is 150 Å². The van der Waals surface area contributed by atoms with Gasteiger partial charge in [-0.2, -0.15) is 0 Å². The molecule has 0 aliphatic carbocycles. The standard InChI is InChI=1S/C19H19NO6/c1-24-12-5-6-14-13(9-12)19(23,18(22)20-14)10-15(21)11-4-7-16(25-2)17(8-11)26-3/h4-9,23H,10H2,1-3H3,(H,20,22)/t19-/m1/s1. The van der Waals surface area contributed by atoms with Crippen LogP contribution in [0.4, 0.5) is 5.69 Å². The van der Waals surface area contributed by atoms with Crippen LogP contribution in [0.3, 0.4) is 0 Å². The maximum Gasteiger partial charge on any atom is 0.261 e. The van der Waals surface area contributed by atoms with Crippen LogP contribution < -0.4 is 19.5 Å². The van der Waals surface area contributed by atoms with Crippen molar-refractivity contribution in [1.29, 1.82) is 0 Å². The minimum Gasteiger partial charge on any atom is -0.497 e. The number of hydrogen-bond acceptors (Lipinski definition) is 6. The Hall–Kier alpha value is -3.06. The Morgan fingerprint density at radius 1 is 1.04 bits per heavy atom. The van der Waals surface area contributed by atoms with E-state index in [-0.39, 0.29) is 0 Å². The normalized spacial score (nSPS) is 18.1. The molecule has 1 amide bonds. The van der Waals surface area contributed by atoms with Gasteiger partial charge in [0.25, 0.3) is 5.91 Å². The molecule has 2 N–H and O–H groups in total. The van der Waals surface area contributed by atoms with Gasteiger partial charge in [-0.15, -0.1) is 0 Å². The molecule has 2 aromatic rings. The molecule has 1 heterocycles. The number of carbonyl (C=O) groups is 2. The third-order valence-corrected chi connectivity index (χ3v) is 4.42. The monoisotopic (exact) mass is 357 g/mol. The third-order valence-electron chi connectivity index (χ3n) is 4.42. The van der Waals surface area contributed by atoms with Crippen LogP contribution in [0.5, 0.6) is 17.2 Å². The Bertz CT molecular complexity index is 878. The van der Waals surface area contributed by atoms with Crippen molar-refractivity contribution in [3.8, 4) is 17.2 Å². The van der Waals surface area contributed by atoms with Crippen molar-refractivity contribution in [2.24, 2.45) is 0 Å². The second kappa shape index (κ2) is 6.68. The number of aliphatic hydroxyl groups is 1. The van der Waals surface area contributed by atoms with Crippen LogP contribution in [-0.2, 0) is 10.4 Å². The highest BCUT2D eigenvalue weighted by Crippen LogP contribution is 2.41. The van der Waals surface area contributed by atoms with Crippen LogP contribution in [0.15, 0.2) is 36.4 Å². The van der Waals surface area contributed by atoms with Gasteiger partial charge in [-0.3, -0.25) is 9.59 Å². The van der Waals surface area contributed by atoms with Crippen LogP contribution >= 0.6 is 0 Å². The van der Waals surface area contributed by atoms with Gasteiger partial charge >= 0.3 is 0 Å². The number of anilines is 1. The highest BCUT2D eigenvalue weighted by molar-refractivity contribution is 6.09. The molecule has 26 heavy (non-hydrogen) atoms. The molecule has 0 saturated heterocycles. The fourth-order valence-corrected chi connectivity index (χ4v) is 2.97. The van der Waals surface area contributed by atoms with E-state index in [1.165, 1.54) is 27.4 Å². The average molecular weight is 357 g/mol. The van der Waals surface area contributed by atoms with Gasteiger partial charge in [0.2, 0.25) is 0 Å². The van der Waals surface area contributed by atoms with Gasteiger partial charge in [-0.25, -0.2) is 0 Å². The van der Waals surface area contributed by atoms with Gasteiger partial charge in [0.1, 0.15) is 5.75 Å². The van der Waals surface area contributed by atoms with E-state index >= 15 is 0 Å². The van der Waals surface area contributed by atoms with Gasteiger partial charge in [0.05, 0.1) is 27.8 Å². The molecular formula is C19H19NO6. The van der Waals surface area contributed by atoms with Crippen molar-refractivity contribution in [2.75, 3.05) is 26.6 Å². The maximum absolute atomic E-state index is 12.7. The van der Waals surface area contributed by atoms with Gasteiger partial charge in [-0.1, -0.05) is 0 Å². The van der Waals surface area contributed by atoms with E-state index in [2.05, 4.69) is 5.32 Å². The van der Waals surface area contributed by atoms with Crippen molar-refractivity contribution in [1.82, 2.24) is 0 Å². The fourth-order valence-electron chi connectivity index (χ4n) is 2.97. The summed E-state index contributed by atoms with van der Waals surface area (Å²) in [6.45, 7) is 0. The lowest BCUT2D eigenvalue weighted by molar-refractivity contribution is -0.133. The zero-order valence-electron chi connectivity index (χ0n) is 14.7. The van der Waals surface area contributed by atoms with E-state index < -0.39 is 23.7 Å². The molecule has 1 aliphatic heterocycles. The molecule has 0 spiro atoms.